The zero-order valence-electron chi connectivity index (χ0n) is 14.6. The summed E-state index contributed by atoms with van der Waals surface area (Å²) >= 11 is 0. The summed E-state index contributed by atoms with van der Waals surface area (Å²) in [4.78, 5) is 12.1. The van der Waals surface area contributed by atoms with Crippen molar-refractivity contribution in [2.75, 3.05) is 13.2 Å². The molecule has 0 saturated heterocycles. The lowest BCUT2D eigenvalue weighted by Gasteiger charge is -2.15. The molecule has 0 fully saturated rings. The first-order valence-electron chi connectivity index (χ1n) is 8.91. The molecule has 2 N–H and O–H groups in total. The quantitative estimate of drug-likeness (QED) is 0.743. The SMILES string of the molecule is O=C(NCCn1ncc2c1CCOC2)NCc1cccc2ccccc12. The Morgan fingerprint density at radius 3 is 3.00 bits per heavy atom. The predicted molar refractivity (Wildman–Crippen MR) is 99.8 cm³/mol. The maximum Gasteiger partial charge on any atom is 0.315 e. The van der Waals surface area contributed by atoms with E-state index in [1.165, 1.54) is 16.5 Å². The van der Waals surface area contributed by atoms with Crippen LogP contribution < -0.4 is 10.6 Å². The highest BCUT2D eigenvalue weighted by molar-refractivity contribution is 5.86. The van der Waals surface area contributed by atoms with E-state index in [1.807, 2.05) is 35.1 Å². The molecule has 2 amide bonds. The zero-order valence-corrected chi connectivity index (χ0v) is 14.6. The average Bonchev–Trinajstić information content (AvgIpc) is 3.09. The monoisotopic (exact) mass is 350 g/mol. The lowest BCUT2D eigenvalue weighted by atomic mass is 10.0. The zero-order chi connectivity index (χ0) is 17.8. The molecule has 6 nitrogen and oxygen atoms in total. The number of urea groups is 1. The van der Waals surface area contributed by atoms with Gasteiger partial charge in [-0.3, -0.25) is 4.68 Å². The molecule has 0 saturated carbocycles. The molecule has 1 aliphatic heterocycles. The number of carbonyl (C=O) groups excluding carboxylic acids is 1. The Morgan fingerprint density at radius 2 is 2.04 bits per heavy atom. The van der Waals surface area contributed by atoms with Crippen LogP contribution in [0.3, 0.4) is 0 Å². The highest BCUT2D eigenvalue weighted by Gasteiger charge is 2.15. The summed E-state index contributed by atoms with van der Waals surface area (Å²) in [7, 11) is 0. The average molecular weight is 350 g/mol. The maximum atomic E-state index is 12.1. The van der Waals surface area contributed by atoms with Gasteiger partial charge in [0.2, 0.25) is 0 Å². The topological polar surface area (TPSA) is 68.2 Å². The fraction of sp³-hybridized carbons (Fsp3) is 0.300. The molecule has 0 unspecified atom stereocenters. The molecule has 2 heterocycles. The Kier molecular flexibility index (Phi) is 4.84. The predicted octanol–water partition coefficient (Wildman–Crippen LogP) is 2.61. The van der Waals surface area contributed by atoms with Crippen molar-refractivity contribution in [3.8, 4) is 0 Å². The van der Waals surface area contributed by atoms with Gasteiger partial charge < -0.3 is 15.4 Å². The van der Waals surface area contributed by atoms with E-state index in [0.717, 1.165) is 24.2 Å². The Hall–Kier alpha value is -2.86. The van der Waals surface area contributed by atoms with Crippen LogP contribution in [0.1, 0.15) is 16.8 Å². The minimum absolute atomic E-state index is 0.165. The smallest absolute Gasteiger partial charge is 0.315 e. The van der Waals surface area contributed by atoms with Gasteiger partial charge in [-0.2, -0.15) is 5.10 Å². The molecule has 6 heteroatoms. The van der Waals surface area contributed by atoms with Gasteiger partial charge >= 0.3 is 6.03 Å². The van der Waals surface area contributed by atoms with Gasteiger partial charge in [0, 0.05) is 30.8 Å². The lowest BCUT2D eigenvalue weighted by Crippen LogP contribution is -2.37. The summed E-state index contributed by atoms with van der Waals surface area (Å²) in [6, 6.07) is 14.2. The largest absolute Gasteiger partial charge is 0.376 e. The van der Waals surface area contributed by atoms with Crippen LogP contribution in [0.5, 0.6) is 0 Å². The molecule has 26 heavy (non-hydrogen) atoms. The fourth-order valence-corrected chi connectivity index (χ4v) is 3.36. The highest BCUT2D eigenvalue weighted by atomic mass is 16.5. The first kappa shape index (κ1) is 16.6. The van der Waals surface area contributed by atoms with Gasteiger partial charge in [0.1, 0.15) is 0 Å². The van der Waals surface area contributed by atoms with Gasteiger partial charge in [-0.1, -0.05) is 42.5 Å². The summed E-state index contributed by atoms with van der Waals surface area (Å²) in [5.74, 6) is 0. The van der Waals surface area contributed by atoms with E-state index < -0.39 is 0 Å². The van der Waals surface area contributed by atoms with Crippen molar-refractivity contribution in [2.45, 2.75) is 26.1 Å². The minimum Gasteiger partial charge on any atom is -0.376 e. The first-order chi connectivity index (χ1) is 12.8. The summed E-state index contributed by atoms with van der Waals surface area (Å²) in [6.45, 7) is 3.07. The molecule has 0 atom stereocenters. The fourth-order valence-electron chi connectivity index (χ4n) is 3.36. The second kappa shape index (κ2) is 7.58. The van der Waals surface area contributed by atoms with E-state index in [2.05, 4.69) is 33.9 Å². The standard InChI is InChI=1S/C20H22N4O2/c25-20(21-9-10-24-19-8-11-26-14-17(19)13-23-24)22-12-16-6-3-5-15-4-1-2-7-18(15)16/h1-7,13H,8-12,14H2,(H2,21,22,25). The van der Waals surface area contributed by atoms with Crippen LogP contribution in [-0.2, 0) is 30.9 Å². The summed E-state index contributed by atoms with van der Waals surface area (Å²) in [6.07, 6.45) is 2.73. The van der Waals surface area contributed by atoms with Crippen molar-refractivity contribution < 1.29 is 9.53 Å². The van der Waals surface area contributed by atoms with Crippen LogP contribution in [0, 0.1) is 0 Å². The van der Waals surface area contributed by atoms with Crippen molar-refractivity contribution in [3.63, 3.8) is 0 Å². The number of carbonyl (C=O) groups is 1. The lowest BCUT2D eigenvalue weighted by molar-refractivity contribution is 0.109. The molecule has 4 rings (SSSR count). The van der Waals surface area contributed by atoms with Gasteiger partial charge in [0.15, 0.2) is 0 Å². The first-order valence-corrected chi connectivity index (χ1v) is 8.91. The number of nitrogens with zero attached hydrogens (tertiary/aromatic N) is 2. The molecule has 0 spiro atoms. The molecule has 1 aromatic heterocycles. The summed E-state index contributed by atoms with van der Waals surface area (Å²) in [5.41, 5.74) is 3.48. The third-order valence-corrected chi connectivity index (χ3v) is 4.70. The van der Waals surface area contributed by atoms with E-state index in [1.54, 1.807) is 0 Å². The van der Waals surface area contributed by atoms with Crippen molar-refractivity contribution in [1.29, 1.82) is 0 Å². The maximum absolute atomic E-state index is 12.1. The van der Waals surface area contributed by atoms with E-state index in [0.29, 0.717) is 26.2 Å². The number of nitrogens with one attached hydrogen (secondary N) is 2. The normalized spacial score (nSPS) is 13.4. The van der Waals surface area contributed by atoms with Gasteiger partial charge in [-0.05, 0) is 16.3 Å². The minimum atomic E-state index is -0.165. The third-order valence-electron chi connectivity index (χ3n) is 4.70. The van der Waals surface area contributed by atoms with E-state index in [9.17, 15) is 4.79 Å². The Bertz CT molecular complexity index is 914. The Morgan fingerprint density at radius 1 is 1.15 bits per heavy atom. The molecule has 0 aliphatic carbocycles. The van der Waals surface area contributed by atoms with Gasteiger partial charge in [0.25, 0.3) is 0 Å². The van der Waals surface area contributed by atoms with E-state index in [4.69, 9.17) is 4.74 Å². The second-order valence-electron chi connectivity index (χ2n) is 6.39. The van der Waals surface area contributed by atoms with Crippen molar-refractivity contribution in [2.24, 2.45) is 0 Å². The highest BCUT2D eigenvalue weighted by Crippen LogP contribution is 2.18. The van der Waals surface area contributed by atoms with Crippen LogP contribution in [-0.4, -0.2) is 29.0 Å². The Balaban J connectivity index is 1.28. The van der Waals surface area contributed by atoms with Crippen LogP contribution in [0.4, 0.5) is 4.79 Å². The van der Waals surface area contributed by atoms with Crippen LogP contribution in [0.2, 0.25) is 0 Å². The summed E-state index contributed by atoms with van der Waals surface area (Å²) < 4.78 is 7.38. The van der Waals surface area contributed by atoms with E-state index in [-0.39, 0.29) is 6.03 Å². The molecule has 134 valence electrons. The molecule has 2 aromatic carbocycles. The molecule has 1 aliphatic rings. The number of ether oxygens (including phenoxy) is 1. The number of fused-ring (bicyclic) bond motifs is 2. The molecule has 0 bridgehead atoms. The van der Waals surface area contributed by atoms with E-state index >= 15 is 0 Å². The van der Waals surface area contributed by atoms with Crippen LogP contribution >= 0.6 is 0 Å². The summed E-state index contributed by atoms with van der Waals surface area (Å²) in [5, 5.41) is 12.6. The van der Waals surface area contributed by atoms with Gasteiger partial charge in [0.05, 0.1) is 26.0 Å². The van der Waals surface area contributed by atoms with Crippen molar-refractivity contribution in [3.05, 3.63) is 65.5 Å². The second-order valence-corrected chi connectivity index (χ2v) is 6.39. The van der Waals surface area contributed by atoms with Crippen LogP contribution in [0.25, 0.3) is 10.8 Å². The number of hydrogen-bond acceptors (Lipinski definition) is 3. The molecular weight excluding hydrogens is 328 g/mol. The Labute approximate surface area is 152 Å². The number of rotatable bonds is 5. The molecular formula is C20H22N4O2. The molecule has 0 radical (unpaired) electrons. The number of benzene rings is 2. The van der Waals surface area contributed by atoms with Crippen LogP contribution in [0.15, 0.2) is 48.7 Å². The number of amides is 2. The van der Waals surface area contributed by atoms with Crippen molar-refractivity contribution in [1.82, 2.24) is 20.4 Å². The molecule has 3 aromatic rings. The van der Waals surface area contributed by atoms with Crippen molar-refractivity contribution >= 4 is 16.8 Å². The van der Waals surface area contributed by atoms with Gasteiger partial charge in [-0.15, -0.1) is 0 Å². The number of hydrogen-bond donors (Lipinski definition) is 2. The third kappa shape index (κ3) is 3.55. The number of aromatic nitrogens is 2. The van der Waals surface area contributed by atoms with Gasteiger partial charge in [-0.25, -0.2) is 4.79 Å².